The van der Waals surface area contributed by atoms with E-state index < -0.39 is 0 Å². The topological polar surface area (TPSA) is 19.6 Å². The average Bonchev–Trinajstić information content (AvgIpc) is 3.10. The summed E-state index contributed by atoms with van der Waals surface area (Å²) in [7, 11) is 0. The van der Waals surface area contributed by atoms with Crippen LogP contribution in [-0.2, 0) is 13.0 Å². The standard InChI is InChI=1S/C16H26N2O/c1-2-15-7-8-16(19-15)13-17-9-5-6-14(12-17)18-10-3-4-11-18/h7-8,14H,2-6,9-13H2,1H3. The third-order valence-electron chi connectivity index (χ3n) is 4.58. The number of rotatable bonds is 4. The van der Waals surface area contributed by atoms with Gasteiger partial charge in [-0.15, -0.1) is 0 Å². The highest BCUT2D eigenvalue weighted by molar-refractivity contribution is 5.07. The summed E-state index contributed by atoms with van der Waals surface area (Å²) in [6, 6.07) is 5.06. The first-order valence-corrected chi connectivity index (χ1v) is 7.89. The van der Waals surface area contributed by atoms with Crippen LogP contribution in [0.25, 0.3) is 0 Å². The monoisotopic (exact) mass is 262 g/mol. The van der Waals surface area contributed by atoms with Crippen LogP contribution in [0.15, 0.2) is 16.5 Å². The quantitative estimate of drug-likeness (QED) is 0.832. The first-order valence-electron chi connectivity index (χ1n) is 7.89. The van der Waals surface area contributed by atoms with E-state index in [1.165, 1.54) is 51.9 Å². The highest BCUT2D eigenvalue weighted by Gasteiger charge is 2.27. The van der Waals surface area contributed by atoms with Crippen LogP contribution in [0.4, 0.5) is 0 Å². The molecule has 0 bridgehead atoms. The molecule has 0 spiro atoms. The van der Waals surface area contributed by atoms with Crippen LogP contribution in [-0.4, -0.2) is 42.0 Å². The minimum atomic E-state index is 0.789. The largest absolute Gasteiger partial charge is 0.465 e. The molecule has 2 aliphatic heterocycles. The van der Waals surface area contributed by atoms with Gasteiger partial charge in [-0.3, -0.25) is 9.80 Å². The molecular weight excluding hydrogens is 236 g/mol. The molecule has 0 aromatic carbocycles. The van der Waals surface area contributed by atoms with Gasteiger partial charge in [-0.2, -0.15) is 0 Å². The van der Waals surface area contributed by atoms with Gasteiger partial charge in [0.1, 0.15) is 11.5 Å². The van der Waals surface area contributed by atoms with Crippen molar-refractivity contribution in [2.45, 2.75) is 51.6 Å². The Bertz CT molecular complexity index is 395. The van der Waals surface area contributed by atoms with Crippen molar-refractivity contribution < 1.29 is 4.42 Å². The van der Waals surface area contributed by atoms with Gasteiger partial charge >= 0.3 is 0 Å². The van der Waals surface area contributed by atoms with E-state index in [1.54, 1.807) is 0 Å². The van der Waals surface area contributed by atoms with Crippen LogP contribution >= 0.6 is 0 Å². The molecule has 3 rings (SSSR count). The number of nitrogens with zero attached hydrogens (tertiary/aromatic N) is 2. The van der Waals surface area contributed by atoms with Gasteiger partial charge in [-0.1, -0.05) is 6.92 Å². The van der Waals surface area contributed by atoms with E-state index in [4.69, 9.17) is 4.42 Å². The predicted molar refractivity (Wildman–Crippen MR) is 77.2 cm³/mol. The molecule has 2 fully saturated rings. The van der Waals surface area contributed by atoms with Gasteiger partial charge in [-0.05, 0) is 57.5 Å². The second-order valence-corrected chi connectivity index (χ2v) is 6.00. The second-order valence-electron chi connectivity index (χ2n) is 6.00. The van der Waals surface area contributed by atoms with Crippen molar-refractivity contribution >= 4 is 0 Å². The molecule has 0 amide bonds. The molecule has 3 heterocycles. The van der Waals surface area contributed by atoms with Crippen LogP contribution in [0.5, 0.6) is 0 Å². The maximum absolute atomic E-state index is 5.84. The zero-order chi connectivity index (χ0) is 13.1. The van der Waals surface area contributed by atoms with E-state index in [0.717, 1.165) is 30.5 Å². The van der Waals surface area contributed by atoms with E-state index in [2.05, 4.69) is 28.9 Å². The van der Waals surface area contributed by atoms with Gasteiger partial charge < -0.3 is 4.42 Å². The fourth-order valence-electron chi connectivity index (χ4n) is 3.50. The fraction of sp³-hybridized carbons (Fsp3) is 0.750. The molecule has 1 aromatic heterocycles. The van der Waals surface area contributed by atoms with Crippen molar-refractivity contribution in [2.75, 3.05) is 26.2 Å². The molecule has 2 aliphatic rings. The number of furan rings is 1. The smallest absolute Gasteiger partial charge is 0.118 e. The minimum absolute atomic E-state index is 0.789. The number of hydrogen-bond donors (Lipinski definition) is 0. The zero-order valence-electron chi connectivity index (χ0n) is 12.1. The Balaban J connectivity index is 1.55. The fourth-order valence-corrected chi connectivity index (χ4v) is 3.50. The molecule has 0 aliphatic carbocycles. The van der Waals surface area contributed by atoms with Crippen LogP contribution in [0, 0.1) is 0 Å². The summed E-state index contributed by atoms with van der Waals surface area (Å²) in [5.74, 6) is 2.25. The van der Waals surface area contributed by atoms with Crippen molar-refractivity contribution in [1.29, 1.82) is 0 Å². The average molecular weight is 262 g/mol. The summed E-state index contributed by atoms with van der Waals surface area (Å²) in [4.78, 5) is 5.27. The molecule has 0 N–H and O–H groups in total. The highest BCUT2D eigenvalue weighted by atomic mass is 16.3. The van der Waals surface area contributed by atoms with Crippen LogP contribution in [0.1, 0.15) is 44.1 Å². The van der Waals surface area contributed by atoms with E-state index in [-0.39, 0.29) is 0 Å². The van der Waals surface area contributed by atoms with Gasteiger partial charge in [-0.25, -0.2) is 0 Å². The Morgan fingerprint density at radius 2 is 1.89 bits per heavy atom. The van der Waals surface area contributed by atoms with Crippen molar-refractivity contribution in [2.24, 2.45) is 0 Å². The van der Waals surface area contributed by atoms with Crippen molar-refractivity contribution in [3.05, 3.63) is 23.7 Å². The molecule has 3 heteroatoms. The number of likely N-dealkylation sites (tertiary alicyclic amines) is 2. The third-order valence-corrected chi connectivity index (χ3v) is 4.58. The maximum atomic E-state index is 5.84. The van der Waals surface area contributed by atoms with Crippen LogP contribution < -0.4 is 0 Å². The SMILES string of the molecule is CCc1ccc(CN2CCCC(N3CCCC3)C2)o1. The van der Waals surface area contributed by atoms with Gasteiger partial charge in [0.2, 0.25) is 0 Å². The van der Waals surface area contributed by atoms with Gasteiger partial charge in [0.05, 0.1) is 6.54 Å². The Kier molecular flexibility index (Phi) is 4.24. The lowest BCUT2D eigenvalue weighted by Gasteiger charge is -2.37. The Hall–Kier alpha value is -0.800. The van der Waals surface area contributed by atoms with Crippen LogP contribution in [0.3, 0.4) is 0 Å². The highest BCUT2D eigenvalue weighted by Crippen LogP contribution is 2.22. The third kappa shape index (κ3) is 3.21. The molecule has 0 radical (unpaired) electrons. The summed E-state index contributed by atoms with van der Waals surface area (Å²) in [5, 5.41) is 0. The molecule has 1 unspecified atom stereocenters. The molecule has 19 heavy (non-hydrogen) atoms. The van der Waals surface area contributed by atoms with E-state index in [0.29, 0.717) is 0 Å². The molecule has 106 valence electrons. The maximum Gasteiger partial charge on any atom is 0.118 e. The zero-order valence-corrected chi connectivity index (χ0v) is 12.1. The number of piperidine rings is 1. The van der Waals surface area contributed by atoms with Gasteiger partial charge in [0, 0.05) is 19.0 Å². The molecule has 3 nitrogen and oxygen atoms in total. The predicted octanol–water partition coefficient (Wildman–Crippen LogP) is 2.90. The molecule has 0 saturated carbocycles. The molecule has 1 aromatic rings. The lowest BCUT2D eigenvalue weighted by molar-refractivity contribution is 0.105. The minimum Gasteiger partial charge on any atom is -0.465 e. The normalized spacial score (nSPS) is 26.1. The Morgan fingerprint density at radius 3 is 2.63 bits per heavy atom. The van der Waals surface area contributed by atoms with E-state index in [1.807, 2.05) is 0 Å². The first kappa shape index (κ1) is 13.2. The van der Waals surface area contributed by atoms with Gasteiger partial charge in [0.25, 0.3) is 0 Å². The first-order chi connectivity index (χ1) is 9.35. The van der Waals surface area contributed by atoms with Crippen molar-refractivity contribution in [3.8, 4) is 0 Å². The lowest BCUT2D eigenvalue weighted by Crippen LogP contribution is -2.46. The summed E-state index contributed by atoms with van der Waals surface area (Å²) >= 11 is 0. The van der Waals surface area contributed by atoms with Crippen LogP contribution in [0.2, 0.25) is 0 Å². The second kappa shape index (κ2) is 6.10. The van der Waals surface area contributed by atoms with E-state index >= 15 is 0 Å². The Labute approximate surface area is 116 Å². The summed E-state index contributed by atoms with van der Waals surface area (Å²) < 4.78 is 5.84. The number of hydrogen-bond acceptors (Lipinski definition) is 3. The van der Waals surface area contributed by atoms with Crippen molar-refractivity contribution in [3.63, 3.8) is 0 Å². The lowest BCUT2D eigenvalue weighted by atomic mass is 10.0. The van der Waals surface area contributed by atoms with E-state index in [9.17, 15) is 0 Å². The summed E-state index contributed by atoms with van der Waals surface area (Å²) in [5.41, 5.74) is 0. The molecular formula is C16H26N2O. The molecule has 1 atom stereocenters. The summed E-state index contributed by atoms with van der Waals surface area (Å²) in [6.45, 7) is 8.23. The summed E-state index contributed by atoms with van der Waals surface area (Å²) in [6.07, 6.45) is 6.51. The number of aryl methyl sites for hydroxylation is 1. The molecule has 2 saturated heterocycles. The Morgan fingerprint density at radius 1 is 1.11 bits per heavy atom. The van der Waals surface area contributed by atoms with Crippen molar-refractivity contribution in [1.82, 2.24) is 9.80 Å². The van der Waals surface area contributed by atoms with Gasteiger partial charge in [0.15, 0.2) is 0 Å².